The second-order valence-electron chi connectivity index (χ2n) is 8.16. The Morgan fingerprint density at radius 1 is 0.958 bits per heavy atom. The third-order valence-corrected chi connectivity index (χ3v) is 4.15. The molecule has 1 aromatic carbocycles. The van der Waals surface area contributed by atoms with Crippen molar-refractivity contribution in [1.82, 2.24) is 0 Å². The zero-order valence-corrected chi connectivity index (χ0v) is 18.8. The first kappa shape index (κ1) is 26.0. The number of phenolic OH excluding ortho intramolecular Hbond substituents is 1. The molecule has 0 bridgehead atoms. The first-order chi connectivity index (χ1) is 9.53. The number of allylic oxidation sites excluding steroid dienone is 4. The Morgan fingerprint density at radius 2 is 1.50 bits per heavy atom. The fraction of sp³-hybridized carbons (Fsp3) is 0.500. The summed E-state index contributed by atoms with van der Waals surface area (Å²) in [5.41, 5.74) is 5.79. The fourth-order valence-electron chi connectivity index (χ4n) is 3.16. The van der Waals surface area contributed by atoms with Crippen LogP contribution < -0.4 is 24.8 Å². The maximum atomic E-state index is 11.0. The van der Waals surface area contributed by atoms with Crippen LogP contribution in [0.1, 0.15) is 70.2 Å². The molecule has 0 saturated heterocycles. The van der Waals surface area contributed by atoms with E-state index in [1.807, 2.05) is 0 Å². The van der Waals surface area contributed by atoms with Crippen molar-refractivity contribution in [1.29, 1.82) is 0 Å². The minimum Gasteiger partial charge on any atom is -1.00 e. The standard InChI is InChI=1S/C20H28O.2ClH.Ti/c1-13-12-15(19(2,3)4)18(21)17(20(5,6)7)16(13)14-10-8-9-11-14;;;/h8-10,12,21H,11H2,1-7H3;2*1H;/q;;;+2/p-2. The van der Waals surface area contributed by atoms with Crippen molar-refractivity contribution < 1.29 is 51.6 Å². The molecule has 0 radical (unpaired) electrons. The Balaban J connectivity index is 0. The van der Waals surface area contributed by atoms with Crippen molar-refractivity contribution in [2.75, 3.05) is 0 Å². The molecule has 4 heteroatoms. The van der Waals surface area contributed by atoms with Crippen LogP contribution in [0.25, 0.3) is 5.57 Å². The quantitative estimate of drug-likeness (QED) is 0.636. The van der Waals surface area contributed by atoms with Gasteiger partial charge in [0.15, 0.2) is 0 Å². The molecule has 1 nitrogen and oxygen atoms in total. The van der Waals surface area contributed by atoms with Crippen LogP contribution in [0.5, 0.6) is 5.75 Å². The van der Waals surface area contributed by atoms with Crippen LogP contribution in [0, 0.1) is 6.92 Å². The van der Waals surface area contributed by atoms with E-state index in [9.17, 15) is 5.11 Å². The molecular formula is C20H28Cl2OTi. The average Bonchev–Trinajstić information content (AvgIpc) is 2.81. The van der Waals surface area contributed by atoms with E-state index < -0.39 is 0 Å². The fourth-order valence-corrected chi connectivity index (χ4v) is 3.16. The third-order valence-electron chi connectivity index (χ3n) is 4.15. The Bertz CT molecular complexity index is 633. The number of benzene rings is 1. The summed E-state index contributed by atoms with van der Waals surface area (Å²) in [6.45, 7) is 15.2. The van der Waals surface area contributed by atoms with Crippen molar-refractivity contribution >= 4 is 5.57 Å². The molecule has 0 saturated carbocycles. The number of halogens is 2. The Hall–Kier alpha value is -0.206. The molecule has 0 aliphatic heterocycles. The molecule has 2 rings (SSSR count). The first-order valence-corrected chi connectivity index (χ1v) is 7.77. The summed E-state index contributed by atoms with van der Waals surface area (Å²) in [4.78, 5) is 0. The Labute approximate surface area is 174 Å². The molecule has 1 N–H and O–H groups in total. The van der Waals surface area contributed by atoms with Gasteiger partial charge in [-0.25, -0.2) is 0 Å². The maximum Gasteiger partial charge on any atom is 2.00 e. The van der Waals surface area contributed by atoms with E-state index in [0.717, 1.165) is 17.5 Å². The van der Waals surface area contributed by atoms with E-state index in [4.69, 9.17) is 0 Å². The number of hydrogen-bond donors (Lipinski definition) is 1. The van der Waals surface area contributed by atoms with E-state index >= 15 is 0 Å². The molecule has 0 spiro atoms. The number of rotatable bonds is 1. The number of aromatic hydroxyl groups is 1. The Morgan fingerprint density at radius 3 is 1.88 bits per heavy atom. The number of hydrogen-bond acceptors (Lipinski definition) is 1. The maximum absolute atomic E-state index is 11.0. The van der Waals surface area contributed by atoms with Crippen molar-refractivity contribution in [2.24, 2.45) is 0 Å². The van der Waals surface area contributed by atoms with Crippen molar-refractivity contribution in [3.8, 4) is 5.75 Å². The molecule has 0 aromatic heterocycles. The van der Waals surface area contributed by atoms with Gasteiger partial charge >= 0.3 is 21.7 Å². The molecule has 1 aliphatic rings. The van der Waals surface area contributed by atoms with Gasteiger partial charge in [0.25, 0.3) is 0 Å². The molecule has 1 aliphatic carbocycles. The van der Waals surface area contributed by atoms with Crippen molar-refractivity contribution in [2.45, 2.75) is 65.7 Å². The van der Waals surface area contributed by atoms with Gasteiger partial charge in [-0.15, -0.1) is 0 Å². The minimum atomic E-state index is -0.0884. The average molecular weight is 403 g/mol. The summed E-state index contributed by atoms with van der Waals surface area (Å²) >= 11 is 0. The van der Waals surface area contributed by atoms with Crippen molar-refractivity contribution in [3.05, 3.63) is 46.5 Å². The van der Waals surface area contributed by atoms with Gasteiger partial charge in [-0.2, -0.15) is 0 Å². The number of aryl methyl sites for hydroxylation is 1. The molecular weight excluding hydrogens is 375 g/mol. The second-order valence-corrected chi connectivity index (χ2v) is 8.16. The van der Waals surface area contributed by atoms with Gasteiger partial charge in [0.1, 0.15) is 5.75 Å². The van der Waals surface area contributed by atoms with E-state index in [1.165, 1.54) is 16.7 Å². The van der Waals surface area contributed by atoms with Gasteiger partial charge < -0.3 is 29.9 Å². The molecule has 24 heavy (non-hydrogen) atoms. The predicted octanol–water partition coefficient (Wildman–Crippen LogP) is -0.356. The SMILES string of the molecule is Cc1cc(C(C)(C)C)c(O)c(C(C)(C)C)c1C1=CC=CC1.[Cl-].[Cl-].[Ti+2]. The van der Waals surface area contributed by atoms with Gasteiger partial charge in [0.2, 0.25) is 0 Å². The predicted molar refractivity (Wildman–Crippen MR) is 92.0 cm³/mol. The van der Waals surface area contributed by atoms with Gasteiger partial charge in [-0.1, -0.05) is 65.8 Å². The Kier molecular flexibility index (Phi) is 9.70. The molecule has 0 unspecified atom stereocenters. The van der Waals surface area contributed by atoms with E-state index in [0.29, 0.717) is 5.75 Å². The third kappa shape index (κ3) is 5.15. The van der Waals surface area contributed by atoms with E-state index in [1.54, 1.807) is 0 Å². The van der Waals surface area contributed by atoms with E-state index in [-0.39, 0.29) is 57.4 Å². The summed E-state index contributed by atoms with van der Waals surface area (Å²) in [5.74, 6) is 0.475. The largest absolute Gasteiger partial charge is 2.00 e. The molecule has 1 aromatic rings. The normalized spacial score (nSPS) is 13.5. The monoisotopic (exact) mass is 402 g/mol. The van der Waals surface area contributed by atoms with Gasteiger partial charge in [-0.05, 0) is 46.4 Å². The van der Waals surface area contributed by atoms with Gasteiger partial charge in [0, 0.05) is 5.56 Å². The summed E-state index contributed by atoms with van der Waals surface area (Å²) in [6.07, 6.45) is 7.41. The van der Waals surface area contributed by atoms with Crippen LogP contribution in [0.4, 0.5) is 0 Å². The zero-order valence-electron chi connectivity index (χ0n) is 15.7. The van der Waals surface area contributed by atoms with E-state index in [2.05, 4.69) is 72.8 Å². The topological polar surface area (TPSA) is 20.2 Å². The smallest absolute Gasteiger partial charge is 1.00 e. The second kappa shape index (κ2) is 8.94. The molecule has 132 valence electrons. The first-order valence-electron chi connectivity index (χ1n) is 7.77. The van der Waals surface area contributed by atoms with Crippen LogP contribution in [0.3, 0.4) is 0 Å². The van der Waals surface area contributed by atoms with Crippen LogP contribution in [-0.4, -0.2) is 5.11 Å². The van der Waals surface area contributed by atoms with Crippen molar-refractivity contribution in [3.63, 3.8) is 0 Å². The number of phenols is 1. The summed E-state index contributed by atoms with van der Waals surface area (Å²) < 4.78 is 0. The summed E-state index contributed by atoms with van der Waals surface area (Å²) in [7, 11) is 0. The molecule has 0 amide bonds. The van der Waals surface area contributed by atoms with Crippen LogP contribution in [0.15, 0.2) is 24.3 Å². The molecule has 0 atom stereocenters. The summed E-state index contributed by atoms with van der Waals surface area (Å²) in [5, 5.41) is 11.0. The minimum absolute atomic E-state index is 0. The van der Waals surface area contributed by atoms with Crippen LogP contribution in [-0.2, 0) is 32.5 Å². The zero-order chi connectivity index (χ0) is 16.0. The summed E-state index contributed by atoms with van der Waals surface area (Å²) in [6, 6.07) is 2.17. The molecule has 0 heterocycles. The molecule has 0 fully saturated rings. The van der Waals surface area contributed by atoms with Gasteiger partial charge in [-0.3, -0.25) is 0 Å². The van der Waals surface area contributed by atoms with Gasteiger partial charge in [0.05, 0.1) is 0 Å². The van der Waals surface area contributed by atoms with Crippen LogP contribution >= 0.6 is 0 Å². The van der Waals surface area contributed by atoms with Crippen LogP contribution in [0.2, 0.25) is 0 Å².